The van der Waals surface area contributed by atoms with Crippen molar-refractivity contribution in [3.05, 3.63) is 75.1 Å². The van der Waals surface area contributed by atoms with Crippen LogP contribution in [-0.4, -0.2) is 29.0 Å². The monoisotopic (exact) mass is 460 g/mol. The SMILES string of the molecule is CCCC(CC)n1c(=O)c(C(=O)N2CCc3ccccc3C2(C)C)cc2ccc(OC)c(C)c21. The highest BCUT2D eigenvalue weighted by atomic mass is 16.5. The van der Waals surface area contributed by atoms with Crippen molar-refractivity contribution in [3.63, 3.8) is 0 Å². The Kier molecular flexibility index (Phi) is 6.57. The first kappa shape index (κ1) is 24.1. The maximum absolute atomic E-state index is 14.0. The minimum atomic E-state index is -0.498. The number of aromatic nitrogens is 1. The second kappa shape index (κ2) is 9.28. The van der Waals surface area contributed by atoms with Gasteiger partial charge in [0.05, 0.1) is 18.2 Å². The quantitative estimate of drug-likeness (QED) is 0.453. The van der Waals surface area contributed by atoms with Gasteiger partial charge in [-0.2, -0.15) is 0 Å². The lowest BCUT2D eigenvalue weighted by Gasteiger charge is -2.44. The summed E-state index contributed by atoms with van der Waals surface area (Å²) in [4.78, 5) is 29.9. The molecule has 0 saturated carbocycles. The lowest BCUT2D eigenvalue weighted by molar-refractivity contribution is 0.0511. The van der Waals surface area contributed by atoms with Crippen molar-refractivity contribution in [2.45, 2.75) is 71.9 Å². The van der Waals surface area contributed by atoms with Crippen LogP contribution in [0.2, 0.25) is 0 Å². The van der Waals surface area contributed by atoms with Crippen LogP contribution in [0.25, 0.3) is 10.9 Å². The summed E-state index contributed by atoms with van der Waals surface area (Å²) in [6.07, 6.45) is 3.45. The van der Waals surface area contributed by atoms with Gasteiger partial charge in [-0.1, -0.05) is 44.5 Å². The molecule has 1 aromatic heterocycles. The summed E-state index contributed by atoms with van der Waals surface area (Å²) in [5.74, 6) is 0.555. The maximum Gasteiger partial charge on any atom is 0.264 e. The van der Waals surface area contributed by atoms with E-state index in [9.17, 15) is 9.59 Å². The molecule has 1 amide bonds. The maximum atomic E-state index is 14.0. The van der Waals surface area contributed by atoms with E-state index in [0.717, 1.165) is 53.5 Å². The van der Waals surface area contributed by atoms with Crippen LogP contribution in [0.1, 0.15) is 80.0 Å². The molecular formula is C29H36N2O3. The van der Waals surface area contributed by atoms with E-state index in [1.165, 1.54) is 5.56 Å². The zero-order chi connectivity index (χ0) is 24.6. The molecule has 0 N–H and O–H groups in total. The number of hydrogen-bond acceptors (Lipinski definition) is 3. The average Bonchev–Trinajstić information content (AvgIpc) is 2.83. The van der Waals surface area contributed by atoms with Crippen molar-refractivity contribution in [2.75, 3.05) is 13.7 Å². The van der Waals surface area contributed by atoms with E-state index in [2.05, 4.69) is 39.8 Å². The number of amides is 1. The van der Waals surface area contributed by atoms with Crippen molar-refractivity contribution >= 4 is 16.8 Å². The van der Waals surface area contributed by atoms with Gasteiger partial charge in [-0.25, -0.2) is 0 Å². The number of carbonyl (C=O) groups is 1. The van der Waals surface area contributed by atoms with Crippen LogP contribution in [0, 0.1) is 6.92 Å². The third-order valence-electron chi connectivity index (χ3n) is 7.51. The standard InChI is InChI=1S/C29H36N2O3/c1-7-11-22(8-2)31-26-19(3)25(34-6)15-14-21(26)18-23(28(31)33)27(32)30-17-16-20-12-9-10-13-24(20)29(30,4)5/h9-10,12-15,18,22H,7-8,11,16-17H2,1-6H3. The molecule has 1 atom stereocenters. The second-order valence-corrected chi connectivity index (χ2v) is 9.84. The summed E-state index contributed by atoms with van der Waals surface area (Å²) in [7, 11) is 1.65. The van der Waals surface area contributed by atoms with Crippen LogP contribution in [0.3, 0.4) is 0 Å². The fourth-order valence-electron chi connectivity index (χ4n) is 5.65. The number of nitrogens with zero attached hydrogens (tertiary/aromatic N) is 2. The molecule has 180 valence electrons. The van der Waals surface area contributed by atoms with Gasteiger partial charge >= 0.3 is 0 Å². The summed E-state index contributed by atoms with van der Waals surface area (Å²) in [5.41, 5.74) is 3.75. The Morgan fingerprint density at radius 3 is 2.56 bits per heavy atom. The molecule has 34 heavy (non-hydrogen) atoms. The summed E-state index contributed by atoms with van der Waals surface area (Å²) < 4.78 is 7.43. The number of methoxy groups -OCH3 is 1. The van der Waals surface area contributed by atoms with E-state index in [1.54, 1.807) is 13.2 Å². The highest BCUT2D eigenvalue weighted by Crippen LogP contribution is 2.36. The molecule has 0 radical (unpaired) electrons. The van der Waals surface area contributed by atoms with Gasteiger partial charge in [-0.3, -0.25) is 9.59 Å². The molecule has 5 nitrogen and oxygen atoms in total. The largest absolute Gasteiger partial charge is 0.496 e. The smallest absolute Gasteiger partial charge is 0.264 e. The molecule has 3 aromatic rings. The molecule has 0 saturated heterocycles. The van der Waals surface area contributed by atoms with E-state index >= 15 is 0 Å². The fourth-order valence-corrected chi connectivity index (χ4v) is 5.65. The Hall–Kier alpha value is -3.08. The minimum absolute atomic E-state index is 0.0219. The third-order valence-corrected chi connectivity index (χ3v) is 7.51. The molecule has 4 rings (SSSR count). The van der Waals surface area contributed by atoms with Crippen LogP contribution in [0.5, 0.6) is 5.75 Å². The number of fused-ring (bicyclic) bond motifs is 2. The lowest BCUT2D eigenvalue weighted by Crippen LogP contribution is -2.51. The van der Waals surface area contributed by atoms with Gasteiger partial charge in [0, 0.05) is 18.2 Å². The van der Waals surface area contributed by atoms with Crippen LogP contribution in [0.15, 0.2) is 47.3 Å². The number of hydrogen-bond donors (Lipinski definition) is 0. The predicted octanol–water partition coefficient (Wildman–Crippen LogP) is 6.00. The van der Waals surface area contributed by atoms with Crippen LogP contribution in [0.4, 0.5) is 0 Å². The molecule has 0 fully saturated rings. The van der Waals surface area contributed by atoms with Crippen molar-refractivity contribution in [1.29, 1.82) is 0 Å². The number of benzene rings is 2. The van der Waals surface area contributed by atoms with E-state index in [4.69, 9.17) is 4.74 Å². The first-order valence-electron chi connectivity index (χ1n) is 12.4. The Bertz CT molecular complexity index is 1290. The van der Waals surface area contributed by atoms with Gasteiger partial charge in [0.15, 0.2) is 0 Å². The molecule has 2 aromatic carbocycles. The Labute approximate surface area is 202 Å². The molecule has 2 heterocycles. The van der Waals surface area contributed by atoms with Gasteiger partial charge in [-0.05, 0) is 74.7 Å². The molecule has 5 heteroatoms. The highest BCUT2D eigenvalue weighted by Gasteiger charge is 2.38. The summed E-state index contributed by atoms with van der Waals surface area (Å²) >= 11 is 0. The fraction of sp³-hybridized carbons (Fsp3) is 0.448. The van der Waals surface area contributed by atoms with E-state index in [1.807, 2.05) is 40.7 Å². The Morgan fingerprint density at radius 2 is 1.88 bits per heavy atom. The van der Waals surface area contributed by atoms with Crippen LogP contribution in [-0.2, 0) is 12.0 Å². The summed E-state index contributed by atoms with van der Waals surface area (Å²) in [5, 5.41) is 0.894. The lowest BCUT2D eigenvalue weighted by atomic mass is 9.83. The van der Waals surface area contributed by atoms with E-state index in [0.29, 0.717) is 6.54 Å². The zero-order valence-corrected chi connectivity index (χ0v) is 21.3. The van der Waals surface area contributed by atoms with Gasteiger partial charge in [-0.15, -0.1) is 0 Å². The molecule has 1 unspecified atom stereocenters. The molecule has 0 spiro atoms. The van der Waals surface area contributed by atoms with Gasteiger partial charge < -0.3 is 14.2 Å². The number of carbonyl (C=O) groups excluding carboxylic acids is 1. The number of ether oxygens (including phenoxy) is 1. The number of rotatable bonds is 6. The summed E-state index contributed by atoms with van der Waals surface area (Å²) in [6, 6.07) is 14.0. The highest BCUT2D eigenvalue weighted by molar-refractivity contribution is 5.99. The van der Waals surface area contributed by atoms with E-state index in [-0.39, 0.29) is 23.1 Å². The third kappa shape index (κ3) is 3.81. The van der Waals surface area contributed by atoms with Gasteiger partial charge in [0.1, 0.15) is 11.3 Å². The molecule has 0 bridgehead atoms. The van der Waals surface area contributed by atoms with Gasteiger partial charge in [0.25, 0.3) is 11.5 Å². The van der Waals surface area contributed by atoms with E-state index < -0.39 is 5.54 Å². The van der Waals surface area contributed by atoms with Crippen molar-refractivity contribution < 1.29 is 9.53 Å². The number of aryl methyl sites for hydroxylation is 1. The molecule has 0 aliphatic carbocycles. The van der Waals surface area contributed by atoms with Crippen molar-refractivity contribution in [1.82, 2.24) is 9.47 Å². The molecule has 1 aliphatic heterocycles. The first-order valence-corrected chi connectivity index (χ1v) is 12.4. The first-order chi connectivity index (χ1) is 16.3. The second-order valence-electron chi connectivity index (χ2n) is 9.84. The molecule has 1 aliphatic rings. The normalized spacial score (nSPS) is 15.8. The number of pyridine rings is 1. The molecular weight excluding hydrogens is 424 g/mol. The van der Waals surface area contributed by atoms with Gasteiger partial charge in [0.2, 0.25) is 0 Å². The minimum Gasteiger partial charge on any atom is -0.496 e. The van der Waals surface area contributed by atoms with Crippen molar-refractivity contribution in [2.24, 2.45) is 0 Å². The predicted molar refractivity (Wildman–Crippen MR) is 138 cm³/mol. The van der Waals surface area contributed by atoms with Crippen LogP contribution >= 0.6 is 0 Å². The Balaban J connectivity index is 1.92. The summed E-state index contributed by atoms with van der Waals surface area (Å²) in [6.45, 7) is 11.0. The van der Waals surface area contributed by atoms with Crippen molar-refractivity contribution in [3.8, 4) is 5.75 Å². The Morgan fingerprint density at radius 1 is 1.15 bits per heavy atom. The zero-order valence-electron chi connectivity index (χ0n) is 21.3. The topological polar surface area (TPSA) is 51.5 Å². The average molecular weight is 461 g/mol. The van der Waals surface area contributed by atoms with Crippen LogP contribution < -0.4 is 10.3 Å².